The van der Waals surface area contributed by atoms with Crippen LogP contribution in [-0.2, 0) is 0 Å². The first-order valence-corrected chi connectivity index (χ1v) is 6.67. The molecule has 0 aromatic carbocycles. The lowest BCUT2D eigenvalue weighted by molar-refractivity contribution is 0.160. The highest BCUT2D eigenvalue weighted by Gasteiger charge is 2.53. The van der Waals surface area contributed by atoms with Crippen molar-refractivity contribution in [3.8, 4) is 0 Å². The molecule has 3 aliphatic carbocycles. The van der Waals surface area contributed by atoms with Gasteiger partial charge in [0, 0.05) is 12.6 Å². The van der Waals surface area contributed by atoms with Gasteiger partial charge >= 0.3 is 0 Å². The summed E-state index contributed by atoms with van der Waals surface area (Å²) in [4.78, 5) is 0. The number of aliphatic hydroxyl groups excluding tert-OH is 1. The number of fused-ring (bicyclic) bond motifs is 5. The van der Waals surface area contributed by atoms with Crippen LogP contribution in [0.1, 0.15) is 39.0 Å². The summed E-state index contributed by atoms with van der Waals surface area (Å²) in [5, 5.41) is 12.9. The highest BCUT2D eigenvalue weighted by atomic mass is 16.3. The van der Waals surface area contributed by atoms with Crippen LogP contribution in [0.4, 0.5) is 0 Å². The van der Waals surface area contributed by atoms with E-state index in [0.29, 0.717) is 0 Å². The van der Waals surface area contributed by atoms with Gasteiger partial charge < -0.3 is 10.4 Å². The van der Waals surface area contributed by atoms with Gasteiger partial charge in [0.1, 0.15) is 0 Å². The third kappa shape index (κ3) is 1.62. The van der Waals surface area contributed by atoms with Crippen molar-refractivity contribution in [2.24, 2.45) is 23.7 Å². The van der Waals surface area contributed by atoms with Gasteiger partial charge in [-0.25, -0.2) is 0 Å². The monoisotopic (exact) mass is 209 g/mol. The van der Waals surface area contributed by atoms with Crippen LogP contribution in [0.15, 0.2) is 0 Å². The maximum absolute atomic E-state index is 9.31. The van der Waals surface area contributed by atoms with Crippen molar-refractivity contribution in [2.45, 2.75) is 51.2 Å². The number of nitrogens with one attached hydrogen (secondary N) is 1. The number of rotatable bonds is 3. The van der Waals surface area contributed by atoms with Crippen LogP contribution in [0.5, 0.6) is 0 Å². The molecule has 2 bridgehead atoms. The molecule has 3 saturated carbocycles. The van der Waals surface area contributed by atoms with E-state index in [2.05, 4.69) is 5.32 Å². The first-order valence-electron chi connectivity index (χ1n) is 6.67. The lowest BCUT2D eigenvalue weighted by Gasteiger charge is -2.32. The topological polar surface area (TPSA) is 32.3 Å². The van der Waals surface area contributed by atoms with Crippen LogP contribution >= 0.6 is 0 Å². The minimum Gasteiger partial charge on any atom is -0.392 e. The van der Waals surface area contributed by atoms with E-state index in [1.54, 1.807) is 0 Å². The third-order valence-electron chi connectivity index (χ3n) is 5.10. The van der Waals surface area contributed by atoms with E-state index < -0.39 is 0 Å². The van der Waals surface area contributed by atoms with Gasteiger partial charge in [0.15, 0.2) is 0 Å². The van der Waals surface area contributed by atoms with Crippen LogP contribution in [0, 0.1) is 23.7 Å². The molecule has 2 nitrogen and oxygen atoms in total. The molecule has 6 unspecified atom stereocenters. The molecule has 0 heterocycles. The van der Waals surface area contributed by atoms with E-state index in [9.17, 15) is 5.11 Å². The third-order valence-corrected chi connectivity index (χ3v) is 5.10. The van der Waals surface area contributed by atoms with E-state index in [1.807, 2.05) is 6.92 Å². The van der Waals surface area contributed by atoms with Gasteiger partial charge in [-0.1, -0.05) is 6.42 Å². The van der Waals surface area contributed by atoms with Gasteiger partial charge in [0.05, 0.1) is 6.10 Å². The summed E-state index contributed by atoms with van der Waals surface area (Å²) >= 11 is 0. The summed E-state index contributed by atoms with van der Waals surface area (Å²) in [5.41, 5.74) is 0. The Balaban J connectivity index is 1.61. The molecule has 3 aliphatic rings. The zero-order valence-corrected chi connectivity index (χ0v) is 9.65. The molecule has 2 heteroatoms. The second-order valence-electron chi connectivity index (χ2n) is 6.02. The SMILES string of the molecule is CC(O)CNC1CC2CC1C1CCCC21. The summed E-state index contributed by atoms with van der Waals surface area (Å²) in [6.07, 6.45) is 7.15. The van der Waals surface area contributed by atoms with Crippen LogP contribution in [0.3, 0.4) is 0 Å². The van der Waals surface area contributed by atoms with Gasteiger partial charge in [0.2, 0.25) is 0 Å². The van der Waals surface area contributed by atoms with E-state index >= 15 is 0 Å². The van der Waals surface area contributed by atoms with Crippen molar-refractivity contribution < 1.29 is 5.11 Å². The van der Waals surface area contributed by atoms with Crippen molar-refractivity contribution in [1.29, 1.82) is 0 Å². The molecule has 0 spiro atoms. The second kappa shape index (κ2) is 3.74. The van der Waals surface area contributed by atoms with Crippen LogP contribution in [0.25, 0.3) is 0 Å². The summed E-state index contributed by atoms with van der Waals surface area (Å²) < 4.78 is 0. The average molecular weight is 209 g/mol. The standard InChI is InChI=1S/C13H23NO/c1-8(15)7-14-13-6-9-5-12(13)11-4-2-3-10(9)11/h8-15H,2-7H2,1H3. The molecule has 0 radical (unpaired) electrons. The molecule has 0 saturated heterocycles. The summed E-state index contributed by atoms with van der Waals surface area (Å²) in [6.45, 7) is 2.66. The molecule has 15 heavy (non-hydrogen) atoms. The Kier molecular flexibility index (Phi) is 2.52. The van der Waals surface area contributed by atoms with Crippen molar-refractivity contribution in [3.63, 3.8) is 0 Å². The van der Waals surface area contributed by atoms with E-state index in [0.717, 1.165) is 36.3 Å². The van der Waals surface area contributed by atoms with Gasteiger partial charge in [-0.2, -0.15) is 0 Å². The Morgan fingerprint density at radius 1 is 1.20 bits per heavy atom. The second-order valence-corrected chi connectivity index (χ2v) is 6.02. The van der Waals surface area contributed by atoms with Crippen molar-refractivity contribution in [3.05, 3.63) is 0 Å². The van der Waals surface area contributed by atoms with Crippen LogP contribution in [0.2, 0.25) is 0 Å². The first kappa shape index (κ1) is 10.1. The molecule has 0 aliphatic heterocycles. The normalized spacial score (nSPS) is 49.6. The Labute approximate surface area is 92.4 Å². The molecule has 6 atom stereocenters. The molecule has 2 N–H and O–H groups in total. The molecular weight excluding hydrogens is 186 g/mol. The Morgan fingerprint density at radius 3 is 2.80 bits per heavy atom. The predicted octanol–water partition coefficient (Wildman–Crippen LogP) is 1.78. The largest absolute Gasteiger partial charge is 0.392 e. The minimum atomic E-state index is -0.191. The van der Waals surface area contributed by atoms with Crippen molar-refractivity contribution >= 4 is 0 Å². The van der Waals surface area contributed by atoms with Gasteiger partial charge in [-0.05, 0) is 56.3 Å². The van der Waals surface area contributed by atoms with Crippen molar-refractivity contribution in [2.75, 3.05) is 6.54 Å². The maximum Gasteiger partial charge on any atom is 0.0636 e. The molecule has 0 amide bonds. The van der Waals surface area contributed by atoms with E-state index in [1.165, 1.54) is 32.1 Å². The lowest BCUT2D eigenvalue weighted by Crippen LogP contribution is -2.42. The van der Waals surface area contributed by atoms with Crippen LogP contribution < -0.4 is 5.32 Å². The fraction of sp³-hybridized carbons (Fsp3) is 1.00. The van der Waals surface area contributed by atoms with E-state index in [4.69, 9.17) is 0 Å². The molecule has 3 rings (SSSR count). The van der Waals surface area contributed by atoms with Crippen LogP contribution in [-0.4, -0.2) is 23.8 Å². The smallest absolute Gasteiger partial charge is 0.0636 e. The maximum atomic E-state index is 9.31. The van der Waals surface area contributed by atoms with Gasteiger partial charge in [0.25, 0.3) is 0 Å². The highest BCUT2D eigenvalue weighted by Crippen LogP contribution is 2.58. The zero-order valence-electron chi connectivity index (χ0n) is 9.65. The van der Waals surface area contributed by atoms with E-state index in [-0.39, 0.29) is 6.10 Å². The molecule has 3 fully saturated rings. The Bertz CT molecular complexity index is 241. The van der Waals surface area contributed by atoms with Gasteiger partial charge in [-0.3, -0.25) is 0 Å². The predicted molar refractivity (Wildman–Crippen MR) is 60.5 cm³/mol. The fourth-order valence-corrected chi connectivity index (χ4v) is 4.62. The molecular formula is C13H23NO. The fourth-order valence-electron chi connectivity index (χ4n) is 4.62. The highest BCUT2D eigenvalue weighted by molar-refractivity contribution is 5.05. The summed E-state index contributed by atoms with van der Waals surface area (Å²) in [7, 11) is 0. The summed E-state index contributed by atoms with van der Waals surface area (Å²) in [6, 6.07) is 0.726. The number of hydrogen-bond acceptors (Lipinski definition) is 2. The zero-order chi connectivity index (χ0) is 10.4. The average Bonchev–Trinajstić information content (AvgIpc) is 2.86. The Hall–Kier alpha value is -0.0800. The summed E-state index contributed by atoms with van der Waals surface area (Å²) in [5.74, 6) is 4.09. The van der Waals surface area contributed by atoms with Gasteiger partial charge in [-0.15, -0.1) is 0 Å². The van der Waals surface area contributed by atoms with Crippen molar-refractivity contribution in [1.82, 2.24) is 5.32 Å². The lowest BCUT2D eigenvalue weighted by atomic mass is 9.79. The quantitative estimate of drug-likeness (QED) is 0.742. The minimum absolute atomic E-state index is 0.191. The number of aliphatic hydroxyl groups is 1. The number of hydrogen-bond donors (Lipinski definition) is 2. The molecule has 0 aromatic heterocycles. The molecule has 0 aromatic rings. The molecule has 86 valence electrons. The Morgan fingerprint density at radius 2 is 2.00 bits per heavy atom. The first-order chi connectivity index (χ1) is 7.25.